The number of nitrogens with zero attached hydrogens (tertiary/aromatic N) is 4. The van der Waals surface area contributed by atoms with Crippen LogP contribution in [0.3, 0.4) is 0 Å². The molecule has 5 rings (SSSR count). The Morgan fingerprint density at radius 1 is 1.22 bits per heavy atom. The Morgan fingerprint density at radius 3 is 2.88 bits per heavy atom. The van der Waals surface area contributed by atoms with Gasteiger partial charge in [-0.15, -0.1) is 11.3 Å². The number of ether oxygens (including phenoxy) is 2. The second-order valence-electron chi connectivity index (χ2n) is 9.42. The number of hydrogen-bond acceptors (Lipinski definition) is 8. The Balaban J connectivity index is 1.51. The summed E-state index contributed by atoms with van der Waals surface area (Å²) in [4.78, 5) is 30.0. The number of morpholine rings is 1. The maximum atomic E-state index is 12.5. The van der Waals surface area contributed by atoms with E-state index < -0.39 is 0 Å². The molecule has 3 aliphatic rings. The Kier molecular flexibility index (Phi) is 6.62. The molecule has 0 spiro atoms. The number of rotatable bonds is 5. The minimum atomic E-state index is -0.0779. The van der Waals surface area contributed by atoms with Crippen molar-refractivity contribution < 1.29 is 14.3 Å². The van der Waals surface area contributed by atoms with Gasteiger partial charge >= 0.3 is 5.97 Å². The topological polar surface area (TPSA) is 67.8 Å². The highest BCUT2D eigenvalue weighted by Gasteiger charge is 2.31. The van der Waals surface area contributed by atoms with E-state index in [1.165, 1.54) is 22.2 Å². The van der Waals surface area contributed by atoms with Gasteiger partial charge in [0.2, 0.25) is 0 Å². The predicted octanol–water partition coefficient (Wildman–Crippen LogP) is 3.43. The van der Waals surface area contributed by atoms with Gasteiger partial charge in [-0.25, -0.2) is 9.97 Å². The minimum Gasteiger partial charge on any atom is -0.466 e. The summed E-state index contributed by atoms with van der Waals surface area (Å²) < 4.78 is 10.9. The standard InChI is InChI=1S/C24H34N4O3S/c1-3-31-24(29)17-5-4-8-28(14-17)22-21-18-7-6-16(2)13-19(18)32-23(21)26-20(25-22)15-27-9-11-30-12-10-27/h16-17H,3-15H2,1-2H3/t16-,17+/m1/s1. The van der Waals surface area contributed by atoms with Gasteiger partial charge < -0.3 is 14.4 Å². The largest absolute Gasteiger partial charge is 0.466 e. The van der Waals surface area contributed by atoms with Crippen molar-refractivity contribution >= 4 is 33.3 Å². The van der Waals surface area contributed by atoms with E-state index in [1.807, 2.05) is 18.3 Å². The lowest BCUT2D eigenvalue weighted by Crippen LogP contribution is -2.40. The summed E-state index contributed by atoms with van der Waals surface area (Å²) in [6.07, 6.45) is 5.34. The Hall–Kier alpha value is -1.77. The molecule has 2 aromatic heterocycles. The van der Waals surface area contributed by atoms with Crippen molar-refractivity contribution in [3.63, 3.8) is 0 Å². The summed E-state index contributed by atoms with van der Waals surface area (Å²) in [7, 11) is 0. The minimum absolute atomic E-state index is 0.0720. The Morgan fingerprint density at radius 2 is 2.06 bits per heavy atom. The van der Waals surface area contributed by atoms with Crippen molar-refractivity contribution in [2.24, 2.45) is 11.8 Å². The molecule has 2 aliphatic heterocycles. The molecule has 0 N–H and O–H groups in total. The number of anilines is 1. The Bertz CT molecular complexity index is 972. The molecule has 4 heterocycles. The van der Waals surface area contributed by atoms with Crippen molar-refractivity contribution in [3.8, 4) is 0 Å². The predicted molar refractivity (Wildman–Crippen MR) is 126 cm³/mol. The fourth-order valence-corrected chi connectivity index (χ4v) is 6.64. The third-order valence-electron chi connectivity index (χ3n) is 6.99. The average Bonchev–Trinajstić information content (AvgIpc) is 3.16. The molecule has 2 atom stereocenters. The van der Waals surface area contributed by atoms with Crippen LogP contribution in [0.1, 0.15) is 49.4 Å². The third kappa shape index (κ3) is 4.50. The van der Waals surface area contributed by atoms with E-state index in [2.05, 4.69) is 16.7 Å². The first-order chi connectivity index (χ1) is 15.6. The van der Waals surface area contributed by atoms with E-state index in [4.69, 9.17) is 19.4 Å². The van der Waals surface area contributed by atoms with Crippen molar-refractivity contribution in [1.82, 2.24) is 14.9 Å². The van der Waals surface area contributed by atoms with Crippen LogP contribution in [0.4, 0.5) is 5.82 Å². The fraction of sp³-hybridized carbons (Fsp3) is 0.708. The summed E-state index contributed by atoms with van der Waals surface area (Å²) in [5.74, 6) is 2.50. The molecule has 0 aromatic carbocycles. The van der Waals surface area contributed by atoms with E-state index in [0.717, 1.165) is 87.5 Å². The summed E-state index contributed by atoms with van der Waals surface area (Å²) in [5, 5.41) is 1.24. The molecule has 32 heavy (non-hydrogen) atoms. The van der Waals surface area contributed by atoms with Gasteiger partial charge in [0.1, 0.15) is 16.5 Å². The van der Waals surface area contributed by atoms with Crippen LogP contribution in [0.25, 0.3) is 10.2 Å². The number of piperidine rings is 1. The highest BCUT2D eigenvalue weighted by atomic mass is 32.1. The molecule has 2 fully saturated rings. The SMILES string of the molecule is CCOC(=O)[C@H]1CCCN(c2nc(CN3CCOCC3)nc3sc4c(c23)CC[C@@H](C)C4)C1. The van der Waals surface area contributed by atoms with Crippen LogP contribution in [0, 0.1) is 11.8 Å². The van der Waals surface area contributed by atoms with Gasteiger partial charge in [-0.2, -0.15) is 0 Å². The van der Waals surface area contributed by atoms with E-state index in [1.54, 1.807) is 0 Å². The molecular weight excluding hydrogens is 424 g/mol. The number of thiophene rings is 1. The van der Waals surface area contributed by atoms with Crippen molar-refractivity contribution in [1.29, 1.82) is 0 Å². The summed E-state index contributed by atoms with van der Waals surface area (Å²) in [6, 6.07) is 0. The van der Waals surface area contributed by atoms with Crippen LogP contribution in [-0.4, -0.2) is 66.8 Å². The third-order valence-corrected chi connectivity index (χ3v) is 8.14. The van der Waals surface area contributed by atoms with Crippen LogP contribution < -0.4 is 4.90 Å². The van der Waals surface area contributed by atoms with Gasteiger partial charge in [-0.05, 0) is 50.5 Å². The van der Waals surface area contributed by atoms with Crippen LogP contribution >= 0.6 is 11.3 Å². The Labute approximate surface area is 194 Å². The maximum Gasteiger partial charge on any atom is 0.310 e. The van der Waals surface area contributed by atoms with E-state index >= 15 is 0 Å². The van der Waals surface area contributed by atoms with Crippen LogP contribution in [0.15, 0.2) is 0 Å². The lowest BCUT2D eigenvalue weighted by molar-refractivity contribution is -0.148. The van der Waals surface area contributed by atoms with Gasteiger partial charge in [0.25, 0.3) is 0 Å². The zero-order valence-corrected chi connectivity index (χ0v) is 20.1. The molecule has 0 radical (unpaired) electrons. The van der Waals surface area contributed by atoms with Gasteiger partial charge in [-0.1, -0.05) is 6.92 Å². The van der Waals surface area contributed by atoms with Gasteiger partial charge in [0.05, 0.1) is 37.7 Å². The summed E-state index contributed by atoms with van der Waals surface area (Å²) >= 11 is 1.86. The molecule has 2 aromatic rings. The molecule has 0 saturated carbocycles. The summed E-state index contributed by atoms with van der Waals surface area (Å²) in [5.41, 5.74) is 1.45. The smallest absolute Gasteiger partial charge is 0.310 e. The van der Waals surface area contributed by atoms with E-state index in [0.29, 0.717) is 13.2 Å². The zero-order valence-electron chi connectivity index (χ0n) is 19.3. The lowest BCUT2D eigenvalue weighted by Gasteiger charge is -2.33. The number of aryl methyl sites for hydroxylation is 1. The van der Waals surface area contributed by atoms with E-state index in [9.17, 15) is 4.79 Å². The molecule has 7 nitrogen and oxygen atoms in total. The second-order valence-corrected chi connectivity index (χ2v) is 10.5. The second kappa shape index (κ2) is 9.61. The quantitative estimate of drug-likeness (QED) is 0.636. The molecule has 8 heteroatoms. The first-order valence-corrected chi connectivity index (χ1v) is 13.0. The van der Waals surface area contributed by atoms with E-state index in [-0.39, 0.29) is 11.9 Å². The highest BCUT2D eigenvalue weighted by molar-refractivity contribution is 7.19. The maximum absolute atomic E-state index is 12.5. The summed E-state index contributed by atoms with van der Waals surface area (Å²) in [6.45, 7) is 10.4. The number of esters is 1. The van der Waals surface area contributed by atoms with Gasteiger partial charge in [-0.3, -0.25) is 9.69 Å². The lowest BCUT2D eigenvalue weighted by atomic mass is 9.89. The first kappa shape index (κ1) is 22.0. The first-order valence-electron chi connectivity index (χ1n) is 12.1. The molecule has 0 amide bonds. The fourth-order valence-electron chi connectivity index (χ4n) is 5.25. The molecular formula is C24H34N4O3S. The highest BCUT2D eigenvalue weighted by Crippen LogP contribution is 2.42. The number of aromatic nitrogens is 2. The normalized spacial score (nSPS) is 24.5. The zero-order chi connectivity index (χ0) is 22.1. The van der Waals surface area contributed by atoms with Crippen molar-refractivity contribution in [2.45, 2.75) is 52.5 Å². The number of carbonyl (C=O) groups excluding carboxylic acids is 1. The van der Waals surface area contributed by atoms with Crippen molar-refractivity contribution in [2.75, 3.05) is 50.9 Å². The van der Waals surface area contributed by atoms with Crippen LogP contribution in [-0.2, 0) is 33.7 Å². The monoisotopic (exact) mass is 458 g/mol. The average molecular weight is 459 g/mol. The molecule has 1 aliphatic carbocycles. The number of carbonyl (C=O) groups is 1. The molecule has 2 saturated heterocycles. The molecule has 0 bridgehead atoms. The van der Waals surface area contributed by atoms with Crippen molar-refractivity contribution in [3.05, 3.63) is 16.3 Å². The van der Waals surface area contributed by atoms with Gasteiger partial charge in [0.15, 0.2) is 0 Å². The number of hydrogen-bond donors (Lipinski definition) is 0. The molecule has 174 valence electrons. The van der Waals surface area contributed by atoms with Crippen LogP contribution in [0.5, 0.6) is 0 Å². The molecule has 0 unspecified atom stereocenters. The van der Waals surface area contributed by atoms with Crippen LogP contribution in [0.2, 0.25) is 0 Å². The number of fused-ring (bicyclic) bond motifs is 3. The van der Waals surface area contributed by atoms with Gasteiger partial charge in [0, 0.05) is 31.1 Å².